The van der Waals surface area contributed by atoms with Gasteiger partial charge in [-0.3, -0.25) is 4.79 Å². The first-order valence-corrected chi connectivity index (χ1v) is 11.0. The van der Waals surface area contributed by atoms with E-state index in [0.717, 1.165) is 19.5 Å². The molecule has 32 heavy (non-hydrogen) atoms. The van der Waals surface area contributed by atoms with Crippen LogP contribution < -0.4 is 10.2 Å². The smallest absolute Gasteiger partial charge is 0.296 e. The zero-order valence-corrected chi connectivity index (χ0v) is 18.1. The van der Waals surface area contributed by atoms with Gasteiger partial charge < -0.3 is 10.2 Å². The molecule has 4 heterocycles. The Hall–Kier alpha value is -2.85. The molecule has 10 heteroatoms. The third-order valence-electron chi connectivity index (χ3n) is 5.90. The van der Waals surface area contributed by atoms with E-state index in [4.69, 9.17) is 0 Å². The van der Waals surface area contributed by atoms with Crippen LogP contribution >= 0.6 is 12.6 Å². The summed E-state index contributed by atoms with van der Waals surface area (Å²) in [5, 5.41) is 7.80. The van der Waals surface area contributed by atoms with Crippen LogP contribution in [0.2, 0.25) is 0 Å². The lowest BCUT2D eigenvalue weighted by Crippen LogP contribution is -2.25. The Kier molecular flexibility index (Phi) is 5.64. The molecule has 3 atom stereocenters. The quantitative estimate of drug-likeness (QED) is 0.466. The van der Waals surface area contributed by atoms with Gasteiger partial charge in [-0.1, -0.05) is 0 Å². The monoisotopic (exact) mass is 456 g/mol. The van der Waals surface area contributed by atoms with Crippen molar-refractivity contribution in [2.75, 3.05) is 24.5 Å². The van der Waals surface area contributed by atoms with Gasteiger partial charge in [0.1, 0.15) is 17.8 Å². The lowest BCUT2D eigenvalue weighted by atomic mass is 10.0. The molecule has 2 saturated heterocycles. The summed E-state index contributed by atoms with van der Waals surface area (Å²) in [6.45, 7) is 1.84. The Morgan fingerprint density at radius 1 is 1.31 bits per heavy atom. The Bertz CT molecular complexity index is 1170. The van der Waals surface area contributed by atoms with Crippen LogP contribution in [0.4, 0.5) is 14.6 Å². The Balaban J connectivity index is 1.47. The summed E-state index contributed by atoms with van der Waals surface area (Å²) in [4.78, 5) is 23.3. The predicted molar refractivity (Wildman–Crippen MR) is 120 cm³/mol. The second-order valence-electron chi connectivity index (χ2n) is 8.19. The number of benzene rings is 1. The summed E-state index contributed by atoms with van der Waals surface area (Å²) < 4.78 is 29.8. The number of imidazole rings is 1. The Morgan fingerprint density at radius 2 is 2.19 bits per heavy atom. The van der Waals surface area contributed by atoms with Crippen molar-refractivity contribution in [1.82, 2.24) is 19.9 Å². The van der Waals surface area contributed by atoms with Crippen molar-refractivity contribution in [3.05, 3.63) is 53.6 Å². The van der Waals surface area contributed by atoms with E-state index in [-0.39, 0.29) is 24.6 Å². The molecule has 1 aromatic carbocycles. The van der Waals surface area contributed by atoms with Crippen molar-refractivity contribution < 1.29 is 13.6 Å². The minimum Gasteiger partial charge on any atom is -0.345 e. The molecule has 166 valence electrons. The highest BCUT2D eigenvalue weighted by Gasteiger charge is 2.35. The maximum absolute atomic E-state index is 14.4. The summed E-state index contributed by atoms with van der Waals surface area (Å²) in [7, 11) is 0. The summed E-state index contributed by atoms with van der Waals surface area (Å²) in [5.74, 6) is -0.142. The highest BCUT2D eigenvalue weighted by molar-refractivity contribution is 7.80. The third-order valence-corrected chi connectivity index (χ3v) is 6.16. The third kappa shape index (κ3) is 4.12. The van der Waals surface area contributed by atoms with Crippen molar-refractivity contribution in [2.45, 2.75) is 30.0 Å². The fourth-order valence-electron chi connectivity index (χ4n) is 4.35. The lowest BCUT2D eigenvalue weighted by molar-refractivity contribution is 0.0996. The number of amides is 1. The molecule has 3 aromatic rings. The molecule has 0 aliphatic carbocycles. The first-order valence-electron chi connectivity index (χ1n) is 10.5. The molecule has 0 spiro atoms. The van der Waals surface area contributed by atoms with Crippen molar-refractivity contribution >= 4 is 36.2 Å². The van der Waals surface area contributed by atoms with Crippen LogP contribution in [0.3, 0.4) is 0 Å². The second-order valence-corrected chi connectivity index (χ2v) is 8.70. The van der Waals surface area contributed by atoms with Gasteiger partial charge in [0.05, 0.1) is 18.8 Å². The highest BCUT2D eigenvalue weighted by atomic mass is 32.1. The number of hydrogen-bond donors (Lipinski definition) is 2. The van der Waals surface area contributed by atoms with E-state index in [1.807, 2.05) is 0 Å². The minimum atomic E-state index is -1.09. The molecule has 0 radical (unpaired) electrons. The van der Waals surface area contributed by atoms with Gasteiger partial charge in [0.25, 0.3) is 5.91 Å². The second kappa shape index (κ2) is 8.59. The van der Waals surface area contributed by atoms with Crippen LogP contribution in [0, 0.1) is 11.7 Å². The molecule has 0 saturated carbocycles. The number of alkyl halides is 1. The van der Waals surface area contributed by atoms with Crippen LogP contribution in [0.1, 0.15) is 34.9 Å². The van der Waals surface area contributed by atoms with Crippen molar-refractivity contribution in [3.63, 3.8) is 0 Å². The van der Waals surface area contributed by atoms with Crippen molar-refractivity contribution in [2.24, 2.45) is 10.9 Å². The van der Waals surface area contributed by atoms with Gasteiger partial charge in [-0.15, -0.1) is 17.7 Å². The predicted octanol–water partition coefficient (Wildman–Crippen LogP) is 3.27. The average molecular weight is 457 g/mol. The van der Waals surface area contributed by atoms with E-state index in [9.17, 15) is 13.6 Å². The molecule has 7 nitrogen and oxygen atoms in total. The summed E-state index contributed by atoms with van der Waals surface area (Å²) >= 11 is 4.25. The number of thiol groups is 1. The van der Waals surface area contributed by atoms with Crippen LogP contribution in [-0.4, -0.2) is 52.5 Å². The molecular formula is C22H22F2N6OS. The van der Waals surface area contributed by atoms with E-state index in [1.165, 1.54) is 22.8 Å². The van der Waals surface area contributed by atoms with Gasteiger partial charge in [-0.2, -0.15) is 0 Å². The fraction of sp³-hybridized carbons (Fsp3) is 0.364. The van der Waals surface area contributed by atoms with Gasteiger partial charge in [-0.25, -0.2) is 23.3 Å². The number of halogens is 2. The normalized spacial score (nSPS) is 23.6. The molecule has 2 aromatic heterocycles. The first-order chi connectivity index (χ1) is 15.5. The Morgan fingerprint density at radius 3 is 2.97 bits per heavy atom. The number of fused-ring (bicyclic) bond motifs is 1. The van der Waals surface area contributed by atoms with Gasteiger partial charge in [0, 0.05) is 30.0 Å². The van der Waals surface area contributed by atoms with E-state index in [1.54, 1.807) is 29.3 Å². The number of hydrogen-bond acceptors (Lipinski definition) is 6. The van der Waals surface area contributed by atoms with Crippen molar-refractivity contribution in [1.29, 1.82) is 0 Å². The van der Waals surface area contributed by atoms with E-state index < -0.39 is 23.9 Å². The van der Waals surface area contributed by atoms with Gasteiger partial charge in [0.2, 0.25) is 0 Å². The maximum Gasteiger partial charge on any atom is 0.296 e. The molecule has 2 aliphatic heterocycles. The van der Waals surface area contributed by atoms with Crippen LogP contribution in [-0.2, 0) is 0 Å². The molecule has 5 rings (SSSR count). The molecule has 1 amide bonds. The zero-order chi connectivity index (χ0) is 22.2. The van der Waals surface area contributed by atoms with E-state index in [2.05, 4.69) is 33.0 Å². The van der Waals surface area contributed by atoms with E-state index >= 15 is 0 Å². The number of nitrogens with one attached hydrogen (secondary N) is 1. The lowest BCUT2D eigenvalue weighted by Gasteiger charge is -2.26. The standard InChI is InChI=1S/C22H22F2N6OS/c23-15-5-14(6-17(32)7-15)18-8-16(24)12-29(18)21-2-1-20-26-11-19(30(20)28-21)22(31)27-10-13-3-4-25-9-13/h1-2,5-7,10-11,13,16,18,25,32H,3-4,8-9,12H2/b27-10+/t13?,16-,18+/m0/s1. The van der Waals surface area contributed by atoms with Crippen molar-refractivity contribution in [3.8, 4) is 0 Å². The molecule has 2 aliphatic rings. The van der Waals surface area contributed by atoms with Gasteiger partial charge in [-0.05, 0) is 48.9 Å². The van der Waals surface area contributed by atoms with Gasteiger partial charge >= 0.3 is 0 Å². The van der Waals surface area contributed by atoms with E-state index in [0.29, 0.717) is 21.9 Å². The summed E-state index contributed by atoms with van der Waals surface area (Å²) in [6.07, 6.45) is 3.19. The molecule has 1 N–H and O–H groups in total. The summed E-state index contributed by atoms with van der Waals surface area (Å²) in [5.41, 5.74) is 1.36. The number of anilines is 1. The first kappa shape index (κ1) is 21.0. The zero-order valence-electron chi connectivity index (χ0n) is 17.2. The molecule has 0 bridgehead atoms. The summed E-state index contributed by atoms with van der Waals surface area (Å²) in [6, 6.07) is 7.51. The Labute approximate surface area is 189 Å². The number of aliphatic imine (C=N–C) groups is 1. The number of aromatic nitrogens is 3. The molecule has 2 fully saturated rings. The number of rotatable bonds is 4. The minimum absolute atomic E-state index is 0.117. The maximum atomic E-state index is 14.4. The fourth-order valence-corrected chi connectivity index (χ4v) is 4.62. The topological polar surface area (TPSA) is 74.9 Å². The number of nitrogens with zero attached hydrogens (tertiary/aromatic N) is 5. The van der Waals surface area contributed by atoms with Crippen LogP contribution in [0.5, 0.6) is 0 Å². The highest BCUT2D eigenvalue weighted by Crippen LogP contribution is 2.37. The number of carbonyl (C=O) groups excluding carboxylic acids is 1. The van der Waals surface area contributed by atoms with Crippen LogP contribution in [0.15, 0.2) is 46.4 Å². The molecule has 1 unspecified atom stereocenters. The number of carbonyl (C=O) groups is 1. The largest absolute Gasteiger partial charge is 0.345 e. The van der Waals surface area contributed by atoms with Crippen LogP contribution in [0.25, 0.3) is 5.65 Å². The average Bonchev–Trinajstić information content (AvgIpc) is 3.50. The SMILES string of the molecule is O=C(/N=C/C1CCNC1)c1cnc2ccc(N3C[C@@H](F)C[C@@H]3c3cc(F)cc(S)c3)nn12. The molecular weight excluding hydrogens is 434 g/mol. The van der Waals surface area contributed by atoms with Gasteiger partial charge in [0.15, 0.2) is 11.3 Å².